The van der Waals surface area contributed by atoms with Crippen LogP contribution in [0.4, 0.5) is 0 Å². The number of hydrogen-bond acceptors (Lipinski definition) is 4. The average molecular weight is 245 g/mol. The molecule has 0 bridgehead atoms. The van der Waals surface area contributed by atoms with Gasteiger partial charge in [-0.25, -0.2) is 0 Å². The molecule has 1 aliphatic rings. The van der Waals surface area contributed by atoms with Crippen LogP contribution in [0.15, 0.2) is 0 Å². The summed E-state index contributed by atoms with van der Waals surface area (Å²) in [6, 6.07) is 0. The van der Waals surface area contributed by atoms with Crippen molar-refractivity contribution in [2.45, 2.75) is 39.2 Å². The molecule has 0 aromatic rings. The maximum absolute atomic E-state index is 11.5. The molecule has 0 atom stereocenters. The zero-order chi connectivity index (χ0) is 12.0. The highest BCUT2D eigenvalue weighted by molar-refractivity contribution is 7.99. The Labute approximate surface area is 103 Å². The molecular formula is C12H23NO2S. The lowest BCUT2D eigenvalue weighted by molar-refractivity contribution is -0.155. The molecule has 0 spiro atoms. The van der Waals surface area contributed by atoms with E-state index in [1.807, 2.05) is 32.5 Å². The fourth-order valence-corrected chi connectivity index (χ4v) is 2.59. The standard InChI is InChI=1S/C12H23NO2S/c1-12(2,3)15-11(14)5-7-13-6-4-9-16-10-8-13/h4-10H2,1-3H3. The average Bonchev–Trinajstić information content (AvgIpc) is 2.39. The van der Waals surface area contributed by atoms with Crippen molar-refractivity contribution in [3.05, 3.63) is 0 Å². The molecular weight excluding hydrogens is 222 g/mol. The van der Waals surface area contributed by atoms with E-state index in [-0.39, 0.29) is 11.6 Å². The largest absolute Gasteiger partial charge is 0.460 e. The number of thioether (sulfide) groups is 1. The molecule has 0 aromatic carbocycles. The van der Waals surface area contributed by atoms with Crippen LogP contribution >= 0.6 is 11.8 Å². The van der Waals surface area contributed by atoms with Crippen LogP contribution in [0, 0.1) is 0 Å². The van der Waals surface area contributed by atoms with E-state index in [4.69, 9.17) is 4.74 Å². The predicted octanol–water partition coefficient (Wildman–Crippen LogP) is 2.16. The number of rotatable bonds is 3. The first-order chi connectivity index (χ1) is 7.47. The molecule has 0 N–H and O–H groups in total. The van der Waals surface area contributed by atoms with Crippen molar-refractivity contribution in [3.63, 3.8) is 0 Å². The van der Waals surface area contributed by atoms with Crippen LogP contribution in [0.2, 0.25) is 0 Å². The first kappa shape index (κ1) is 13.8. The van der Waals surface area contributed by atoms with E-state index in [0.717, 1.165) is 19.6 Å². The van der Waals surface area contributed by atoms with Gasteiger partial charge >= 0.3 is 5.97 Å². The normalized spacial score (nSPS) is 19.2. The van der Waals surface area contributed by atoms with Gasteiger partial charge in [0.2, 0.25) is 0 Å². The Kier molecular flexibility index (Phi) is 5.62. The summed E-state index contributed by atoms with van der Waals surface area (Å²) in [6.45, 7) is 8.80. The predicted molar refractivity (Wildman–Crippen MR) is 68.8 cm³/mol. The van der Waals surface area contributed by atoms with E-state index >= 15 is 0 Å². The van der Waals surface area contributed by atoms with Crippen LogP contribution in [0.25, 0.3) is 0 Å². The Balaban J connectivity index is 2.20. The number of esters is 1. The van der Waals surface area contributed by atoms with E-state index < -0.39 is 0 Å². The highest BCUT2D eigenvalue weighted by Gasteiger charge is 2.17. The Bertz CT molecular complexity index is 218. The zero-order valence-electron chi connectivity index (χ0n) is 10.6. The lowest BCUT2D eigenvalue weighted by atomic mass is 10.2. The molecule has 0 unspecified atom stereocenters. The third-order valence-corrected chi connectivity index (χ3v) is 3.42. The molecule has 4 heteroatoms. The molecule has 1 aliphatic heterocycles. The van der Waals surface area contributed by atoms with Crippen LogP contribution in [-0.4, -0.2) is 47.6 Å². The number of ether oxygens (including phenoxy) is 1. The number of carbonyl (C=O) groups excluding carboxylic acids is 1. The van der Waals surface area contributed by atoms with Gasteiger partial charge in [-0.15, -0.1) is 0 Å². The minimum Gasteiger partial charge on any atom is -0.460 e. The third-order valence-electron chi connectivity index (χ3n) is 2.37. The summed E-state index contributed by atoms with van der Waals surface area (Å²) in [5.41, 5.74) is -0.355. The molecule has 94 valence electrons. The molecule has 0 amide bonds. The van der Waals surface area contributed by atoms with Gasteiger partial charge in [0.15, 0.2) is 0 Å². The third kappa shape index (κ3) is 6.38. The van der Waals surface area contributed by atoms with E-state index in [1.165, 1.54) is 17.9 Å². The summed E-state index contributed by atoms with van der Waals surface area (Å²) in [7, 11) is 0. The highest BCUT2D eigenvalue weighted by Crippen LogP contribution is 2.12. The van der Waals surface area contributed by atoms with Gasteiger partial charge in [0.05, 0.1) is 6.42 Å². The van der Waals surface area contributed by atoms with Gasteiger partial charge in [-0.1, -0.05) is 0 Å². The summed E-state index contributed by atoms with van der Waals surface area (Å²) < 4.78 is 5.29. The first-order valence-electron chi connectivity index (χ1n) is 5.99. The second kappa shape index (κ2) is 6.50. The second-order valence-corrected chi connectivity index (χ2v) is 6.37. The summed E-state index contributed by atoms with van der Waals surface area (Å²) in [5, 5.41) is 0. The van der Waals surface area contributed by atoms with Crippen molar-refractivity contribution in [1.29, 1.82) is 0 Å². The van der Waals surface area contributed by atoms with Gasteiger partial charge in [-0.3, -0.25) is 4.79 Å². The maximum atomic E-state index is 11.5. The quantitative estimate of drug-likeness (QED) is 0.713. The van der Waals surface area contributed by atoms with E-state index in [1.54, 1.807) is 0 Å². The molecule has 1 heterocycles. The lowest BCUT2D eigenvalue weighted by Crippen LogP contribution is -2.31. The van der Waals surface area contributed by atoms with Gasteiger partial charge in [-0.2, -0.15) is 11.8 Å². The Morgan fingerprint density at radius 1 is 1.31 bits per heavy atom. The molecule has 1 rings (SSSR count). The molecule has 3 nitrogen and oxygen atoms in total. The Morgan fingerprint density at radius 3 is 2.75 bits per heavy atom. The molecule has 16 heavy (non-hydrogen) atoms. The minimum atomic E-state index is -0.355. The van der Waals surface area contributed by atoms with Crippen LogP contribution in [0.1, 0.15) is 33.6 Å². The summed E-state index contributed by atoms with van der Waals surface area (Å²) in [6.07, 6.45) is 1.75. The Hall–Kier alpha value is -0.220. The fourth-order valence-electron chi connectivity index (χ4n) is 1.66. The summed E-state index contributed by atoms with van der Waals surface area (Å²) in [5.74, 6) is 2.36. The van der Waals surface area contributed by atoms with Crippen molar-refractivity contribution in [2.24, 2.45) is 0 Å². The summed E-state index contributed by atoms with van der Waals surface area (Å²) >= 11 is 2.01. The fraction of sp³-hybridized carbons (Fsp3) is 0.917. The van der Waals surface area contributed by atoms with Gasteiger partial charge < -0.3 is 9.64 Å². The molecule has 1 saturated heterocycles. The molecule has 0 saturated carbocycles. The van der Waals surface area contributed by atoms with Crippen LogP contribution < -0.4 is 0 Å². The van der Waals surface area contributed by atoms with Gasteiger partial charge in [-0.05, 0) is 39.5 Å². The minimum absolute atomic E-state index is 0.0793. The molecule has 1 fully saturated rings. The number of nitrogens with zero attached hydrogens (tertiary/aromatic N) is 1. The topological polar surface area (TPSA) is 29.5 Å². The van der Waals surface area contributed by atoms with Gasteiger partial charge in [0.25, 0.3) is 0 Å². The van der Waals surface area contributed by atoms with Crippen LogP contribution in [-0.2, 0) is 9.53 Å². The molecule has 0 aromatic heterocycles. The molecule has 0 radical (unpaired) electrons. The smallest absolute Gasteiger partial charge is 0.307 e. The van der Waals surface area contributed by atoms with Gasteiger partial charge in [0, 0.05) is 18.8 Å². The van der Waals surface area contributed by atoms with Crippen molar-refractivity contribution >= 4 is 17.7 Å². The zero-order valence-corrected chi connectivity index (χ0v) is 11.4. The van der Waals surface area contributed by atoms with Crippen molar-refractivity contribution in [1.82, 2.24) is 4.90 Å². The van der Waals surface area contributed by atoms with Crippen molar-refractivity contribution in [3.8, 4) is 0 Å². The summed E-state index contributed by atoms with van der Waals surface area (Å²) in [4.78, 5) is 13.9. The lowest BCUT2D eigenvalue weighted by Gasteiger charge is -2.22. The number of carbonyl (C=O) groups is 1. The van der Waals surface area contributed by atoms with E-state index in [0.29, 0.717) is 6.42 Å². The van der Waals surface area contributed by atoms with Crippen molar-refractivity contribution < 1.29 is 9.53 Å². The van der Waals surface area contributed by atoms with Crippen molar-refractivity contribution in [2.75, 3.05) is 31.1 Å². The second-order valence-electron chi connectivity index (χ2n) is 5.14. The van der Waals surface area contributed by atoms with Crippen LogP contribution in [0.3, 0.4) is 0 Å². The van der Waals surface area contributed by atoms with E-state index in [2.05, 4.69) is 4.90 Å². The van der Waals surface area contributed by atoms with Crippen LogP contribution in [0.5, 0.6) is 0 Å². The maximum Gasteiger partial charge on any atom is 0.307 e. The molecule has 0 aliphatic carbocycles. The van der Waals surface area contributed by atoms with Gasteiger partial charge in [0.1, 0.15) is 5.60 Å². The number of hydrogen-bond donors (Lipinski definition) is 0. The Morgan fingerprint density at radius 2 is 2.06 bits per heavy atom. The highest BCUT2D eigenvalue weighted by atomic mass is 32.2. The SMILES string of the molecule is CC(C)(C)OC(=O)CCN1CCCSCC1. The van der Waals surface area contributed by atoms with E-state index in [9.17, 15) is 4.79 Å². The first-order valence-corrected chi connectivity index (χ1v) is 7.15. The monoisotopic (exact) mass is 245 g/mol.